The summed E-state index contributed by atoms with van der Waals surface area (Å²) < 4.78 is 0. The number of carbonyl (C=O) groups is 1. The van der Waals surface area contributed by atoms with Crippen molar-refractivity contribution in [3.63, 3.8) is 0 Å². The molecule has 3 heteroatoms. The summed E-state index contributed by atoms with van der Waals surface area (Å²) in [6.45, 7) is 1.60. The highest BCUT2D eigenvalue weighted by Gasteiger charge is 2.02. The van der Waals surface area contributed by atoms with Crippen LogP contribution in [-0.2, 0) is 4.79 Å². The van der Waals surface area contributed by atoms with Gasteiger partial charge >= 0.3 is 0 Å². The molecule has 0 rings (SSSR count). The lowest BCUT2D eigenvalue weighted by molar-refractivity contribution is -0.114. The number of hydrogen-bond donors (Lipinski definition) is 0. The van der Waals surface area contributed by atoms with Crippen LogP contribution in [-0.4, -0.2) is 11.2 Å². The SMILES string of the molecule is CC(Cl)C(=O)/C=C\Cl. The Balaban J connectivity index is 3.66. The second-order valence-electron chi connectivity index (χ2n) is 1.31. The molecule has 1 unspecified atom stereocenters. The maximum absolute atomic E-state index is 10.4. The lowest BCUT2D eigenvalue weighted by Crippen LogP contribution is -2.04. The Labute approximate surface area is 58.3 Å². The number of alkyl halides is 1. The van der Waals surface area contributed by atoms with Gasteiger partial charge in [-0.1, -0.05) is 11.6 Å². The van der Waals surface area contributed by atoms with Crippen molar-refractivity contribution in [1.29, 1.82) is 0 Å². The maximum atomic E-state index is 10.4. The molecule has 0 amide bonds. The molecule has 0 aliphatic heterocycles. The lowest BCUT2D eigenvalue weighted by atomic mass is 10.3. The zero-order valence-electron chi connectivity index (χ0n) is 4.40. The number of halogens is 2. The van der Waals surface area contributed by atoms with Crippen molar-refractivity contribution in [3.8, 4) is 0 Å². The molecule has 0 bridgehead atoms. The van der Waals surface area contributed by atoms with Crippen LogP contribution in [0.4, 0.5) is 0 Å². The Bertz CT molecular complexity index is 107. The monoisotopic (exact) mass is 152 g/mol. The maximum Gasteiger partial charge on any atom is 0.174 e. The fourth-order valence-corrected chi connectivity index (χ4v) is 0.392. The summed E-state index contributed by atoms with van der Waals surface area (Å²) in [5.41, 5.74) is 1.15. The molecule has 0 aromatic heterocycles. The van der Waals surface area contributed by atoms with Crippen molar-refractivity contribution >= 4 is 29.0 Å². The first-order valence-corrected chi connectivity index (χ1v) is 3.00. The Hall–Kier alpha value is -0.0100. The third kappa shape index (κ3) is 3.05. The molecule has 0 radical (unpaired) electrons. The van der Waals surface area contributed by atoms with E-state index in [1.807, 2.05) is 0 Å². The van der Waals surface area contributed by atoms with Gasteiger partial charge in [0.1, 0.15) is 0 Å². The van der Waals surface area contributed by atoms with Crippen LogP contribution in [0.5, 0.6) is 0 Å². The molecular formula is C5H6Cl2O. The highest BCUT2D eigenvalue weighted by molar-refractivity contribution is 6.34. The molecule has 0 N–H and O–H groups in total. The van der Waals surface area contributed by atoms with Gasteiger partial charge in [-0.05, 0) is 13.0 Å². The predicted molar refractivity (Wildman–Crippen MR) is 35.3 cm³/mol. The van der Waals surface area contributed by atoms with Gasteiger partial charge in [0, 0.05) is 5.54 Å². The smallest absolute Gasteiger partial charge is 0.174 e. The molecule has 46 valence electrons. The quantitative estimate of drug-likeness (QED) is 0.437. The molecular weight excluding hydrogens is 147 g/mol. The van der Waals surface area contributed by atoms with Gasteiger partial charge in [-0.25, -0.2) is 0 Å². The van der Waals surface area contributed by atoms with E-state index in [1.54, 1.807) is 6.92 Å². The van der Waals surface area contributed by atoms with Gasteiger partial charge < -0.3 is 0 Å². The standard InChI is InChI=1S/C5H6Cl2O/c1-4(7)5(8)2-3-6/h2-4H,1H3/b3-2-. The Morgan fingerprint density at radius 1 is 1.75 bits per heavy atom. The van der Waals surface area contributed by atoms with E-state index >= 15 is 0 Å². The molecule has 0 aliphatic carbocycles. The van der Waals surface area contributed by atoms with Crippen LogP contribution < -0.4 is 0 Å². The topological polar surface area (TPSA) is 17.1 Å². The van der Waals surface area contributed by atoms with Gasteiger partial charge in [-0.3, -0.25) is 4.79 Å². The van der Waals surface area contributed by atoms with Gasteiger partial charge in [-0.15, -0.1) is 11.6 Å². The Morgan fingerprint density at radius 2 is 2.25 bits per heavy atom. The van der Waals surface area contributed by atoms with Crippen molar-refractivity contribution < 1.29 is 4.79 Å². The fourth-order valence-electron chi connectivity index (χ4n) is 0.195. The minimum absolute atomic E-state index is 0.165. The lowest BCUT2D eigenvalue weighted by Gasteiger charge is -1.90. The summed E-state index contributed by atoms with van der Waals surface area (Å²) in [4.78, 5) is 10.4. The molecule has 0 aromatic carbocycles. The number of allylic oxidation sites excluding steroid dienone is 1. The number of carbonyl (C=O) groups excluding carboxylic acids is 1. The third-order valence-electron chi connectivity index (χ3n) is 0.619. The minimum atomic E-state index is -0.468. The van der Waals surface area contributed by atoms with E-state index in [0.29, 0.717) is 0 Å². The zero-order valence-corrected chi connectivity index (χ0v) is 5.91. The Morgan fingerprint density at radius 3 is 2.38 bits per heavy atom. The van der Waals surface area contributed by atoms with Crippen LogP contribution >= 0.6 is 23.2 Å². The largest absolute Gasteiger partial charge is 0.293 e. The third-order valence-corrected chi connectivity index (χ3v) is 0.960. The summed E-state index contributed by atoms with van der Waals surface area (Å²) in [6.07, 6.45) is 1.24. The predicted octanol–water partition coefficient (Wildman–Crippen LogP) is 1.94. The van der Waals surface area contributed by atoms with Crippen molar-refractivity contribution in [2.45, 2.75) is 12.3 Å². The van der Waals surface area contributed by atoms with Gasteiger partial charge in [0.2, 0.25) is 0 Å². The van der Waals surface area contributed by atoms with Crippen molar-refractivity contribution in [2.75, 3.05) is 0 Å². The highest BCUT2D eigenvalue weighted by atomic mass is 35.5. The van der Waals surface area contributed by atoms with E-state index in [0.717, 1.165) is 5.54 Å². The van der Waals surface area contributed by atoms with Crippen LogP contribution in [0.2, 0.25) is 0 Å². The van der Waals surface area contributed by atoms with Gasteiger partial charge in [0.25, 0.3) is 0 Å². The second-order valence-corrected chi connectivity index (χ2v) is 2.22. The minimum Gasteiger partial charge on any atom is -0.293 e. The van der Waals surface area contributed by atoms with Crippen molar-refractivity contribution in [1.82, 2.24) is 0 Å². The molecule has 0 saturated carbocycles. The van der Waals surface area contributed by atoms with E-state index < -0.39 is 5.38 Å². The van der Waals surface area contributed by atoms with Gasteiger partial charge in [0.05, 0.1) is 5.38 Å². The summed E-state index contributed by atoms with van der Waals surface area (Å²) in [6, 6.07) is 0. The molecule has 1 nitrogen and oxygen atoms in total. The summed E-state index contributed by atoms with van der Waals surface area (Å²) >= 11 is 10.4. The molecule has 0 spiro atoms. The number of ketones is 1. The summed E-state index contributed by atoms with van der Waals surface area (Å²) in [5, 5.41) is -0.468. The zero-order chi connectivity index (χ0) is 6.57. The average molecular weight is 153 g/mol. The van der Waals surface area contributed by atoms with E-state index in [-0.39, 0.29) is 5.78 Å². The first kappa shape index (κ1) is 7.99. The summed E-state index contributed by atoms with van der Waals surface area (Å²) in [5.74, 6) is -0.165. The second kappa shape index (κ2) is 3.93. The van der Waals surface area contributed by atoms with E-state index in [9.17, 15) is 4.79 Å². The molecule has 8 heavy (non-hydrogen) atoms. The van der Waals surface area contributed by atoms with E-state index in [1.165, 1.54) is 6.08 Å². The summed E-state index contributed by atoms with van der Waals surface area (Å²) in [7, 11) is 0. The molecule has 0 saturated heterocycles. The molecule has 0 heterocycles. The van der Waals surface area contributed by atoms with Crippen LogP contribution in [0.25, 0.3) is 0 Å². The van der Waals surface area contributed by atoms with Gasteiger partial charge in [0.15, 0.2) is 5.78 Å². The fraction of sp³-hybridized carbons (Fsp3) is 0.400. The van der Waals surface area contributed by atoms with Crippen LogP contribution in [0.15, 0.2) is 11.6 Å². The van der Waals surface area contributed by atoms with Crippen LogP contribution in [0, 0.1) is 0 Å². The van der Waals surface area contributed by atoms with E-state index in [4.69, 9.17) is 23.2 Å². The van der Waals surface area contributed by atoms with Crippen LogP contribution in [0.1, 0.15) is 6.92 Å². The molecule has 1 atom stereocenters. The molecule has 0 aliphatic rings. The van der Waals surface area contributed by atoms with Crippen molar-refractivity contribution in [2.24, 2.45) is 0 Å². The average Bonchev–Trinajstić information content (AvgIpc) is 1.67. The van der Waals surface area contributed by atoms with Gasteiger partial charge in [-0.2, -0.15) is 0 Å². The highest BCUT2D eigenvalue weighted by Crippen LogP contribution is 1.96. The first-order chi connectivity index (χ1) is 3.68. The molecule has 0 fully saturated rings. The number of rotatable bonds is 2. The first-order valence-electron chi connectivity index (χ1n) is 2.13. The number of hydrogen-bond acceptors (Lipinski definition) is 1. The Kier molecular flexibility index (Phi) is 3.92. The van der Waals surface area contributed by atoms with Crippen LogP contribution in [0.3, 0.4) is 0 Å². The molecule has 0 aromatic rings. The van der Waals surface area contributed by atoms with Crippen molar-refractivity contribution in [3.05, 3.63) is 11.6 Å². The van der Waals surface area contributed by atoms with E-state index in [2.05, 4.69) is 0 Å². The normalized spacial score (nSPS) is 14.4.